The fourth-order valence-corrected chi connectivity index (χ4v) is 1.26. The van der Waals surface area contributed by atoms with Gasteiger partial charge in [-0.25, -0.2) is 4.39 Å². The predicted octanol–water partition coefficient (Wildman–Crippen LogP) is 1.81. The second kappa shape index (κ2) is 5.08. The maximum Gasteiger partial charge on any atom is 0.123 e. The molecule has 0 saturated carbocycles. The van der Waals surface area contributed by atoms with Gasteiger partial charge in [-0.1, -0.05) is 12.1 Å². The Kier molecular flexibility index (Phi) is 4.04. The molecular weight excluding hydrogens is 181 g/mol. The molecule has 1 rings (SSSR count). The SMILES string of the molecule is CN(C)CCC(O)c1cccc(F)c1. The Labute approximate surface area is 84.0 Å². The number of aliphatic hydroxyl groups excluding tert-OH is 1. The van der Waals surface area contributed by atoms with E-state index in [1.807, 2.05) is 19.0 Å². The van der Waals surface area contributed by atoms with Crippen LogP contribution in [0.15, 0.2) is 24.3 Å². The highest BCUT2D eigenvalue weighted by Gasteiger charge is 2.07. The van der Waals surface area contributed by atoms with E-state index in [4.69, 9.17) is 0 Å². The molecular formula is C11H16FNO. The molecule has 1 aromatic carbocycles. The first-order valence-corrected chi connectivity index (χ1v) is 4.68. The van der Waals surface area contributed by atoms with Crippen LogP contribution in [-0.2, 0) is 0 Å². The van der Waals surface area contributed by atoms with Gasteiger partial charge in [0.15, 0.2) is 0 Å². The Bertz CT molecular complexity index is 288. The molecule has 1 unspecified atom stereocenters. The molecule has 0 amide bonds. The number of hydrogen-bond donors (Lipinski definition) is 1. The van der Waals surface area contributed by atoms with Crippen LogP contribution in [0.25, 0.3) is 0 Å². The molecule has 0 fully saturated rings. The Hall–Kier alpha value is -0.930. The van der Waals surface area contributed by atoms with E-state index in [9.17, 15) is 9.50 Å². The summed E-state index contributed by atoms with van der Waals surface area (Å²) in [4.78, 5) is 1.99. The Balaban J connectivity index is 2.56. The second-order valence-electron chi connectivity index (χ2n) is 3.66. The molecule has 0 aliphatic heterocycles. The molecule has 14 heavy (non-hydrogen) atoms. The van der Waals surface area contributed by atoms with Gasteiger partial charge in [-0.2, -0.15) is 0 Å². The third-order valence-corrected chi connectivity index (χ3v) is 2.08. The first-order valence-electron chi connectivity index (χ1n) is 4.68. The van der Waals surface area contributed by atoms with Crippen LogP contribution in [0.1, 0.15) is 18.1 Å². The minimum atomic E-state index is -0.576. The third kappa shape index (κ3) is 3.44. The summed E-state index contributed by atoms with van der Waals surface area (Å²) in [5.74, 6) is -0.300. The lowest BCUT2D eigenvalue weighted by Crippen LogP contribution is -2.15. The van der Waals surface area contributed by atoms with E-state index in [0.29, 0.717) is 12.0 Å². The van der Waals surface area contributed by atoms with Crippen LogP contribution in [0.3, 0.4) is 0 Å². The number of nitrogens with zero attached hydrogens (tertiary/aromatic N) is 1. The number of rotatable bonds is 4. The van der Waals surface area contributed by atoms with Gasteiger partial charge in [0.2, 0.25) is 0 Å². The van der Waals surface area contributed by atoms with Crippen LogP contribution in [0.4, 0.5) is 4.39 Å². The van der Waals surface area contributed by atoms with E-state index in [-0.39, 0.29) is 5.82 Å². The number of halogens is 1. The molecule has 0 bridgehead atoms. The van der Waals surface area contributed by atoms with Crippen molar-refractivity contribution in [2.24, 2.45) is 0 Å². The first-order chi connectivity index (χ1) is 6.59. The van der Waals surface area contributed by atoms with Crippen LogP contribution in [0.5, 0.6) is 0 Å². The Morgan fingerprint density at radius 3 is 2.71 bits per heavy atom. The fourth-order valence-electron chi connectivity index (χ4n) is 1.26. The first kappa shape index (κ1) is 11.1. The van der Waals surface area contributed by atoms with Crippen molar-refractivity contribution in [3.8, 4) is 0 Å². The topological polar surface area (TPSA) is 23.5 Å². The van der Waals surface area contributed by atoms with Crippen molar-refractivity contribution >= 4 is 0 Å². The van der Waals surface area contributed by atoms with Gasteiger partial charge in [-0.3, -0.25) is 0 Å². The zero-order chi connectivity index (χ0) is 10.6. The molecule has 1 atom stereocenters. The summed E-state index contributed by atoms with van der Waals surface area (Å²) in [6.45, 7) is 0.789. The van der Waals surface area contributed by atoms with Crippen molar-refractivity contribution in [2.45, 2.75) is 12.5 Å². The molecule has 0 heterocycles. The van der Waals surface area contributed by atoms with Crippen molar-refractivity contribution in [1.82, 2.24) is 4.90 Å². The van der Waals surface area contributed by atoms with Crippen molar-refractivity contribution in [2.75, 3.05) is 20.6 Å². The summed E-state index contributed by atoms with van der Waals surface area (Å²) < 4.78 is 12.8. The lowest BCUT2D eigenvalue weighted by Gasteiger charge is -2.14. The molecule has 78 valence electrons. The van der Waals surface area contributed by atoms with Crippen molar-refractivity contribution in [1.29, 1.82) is 0 Å². The Morgan fingerprint density at radius 2 is 2.14 bits per heavy atom. The lowest BCUT2D eigenvalue weighted by atomic mass is 10.1. The number of benzene rings is 1. The van der Waals surface area contributed by atoms with Crippen LogP contribution >= 0.6 is 0 Å². The van der Waals surface area contributed by atoms with E-state index in [1.165, 1.54) is 12.1 Å². The number of aliphatic hydroxyl groups is 1. The van der Waals surface area contributed by atoms with Gasteiger partial charge in [0.1, 0.15) is 5.82 Å². The quantitative estimate of drug-likeness (QED) is 0.795. The molecule has 1 N–H and O–H groups in total. The monoisotopic (exact) mass is 197 g/mol. The van der Waals surface area contributed by atoms with Crippen LogP contribution in [0.2, 0.25) is 0 Å². The summed E-state index contributed by atoms with van der Waals surface area (Å²) in [5.41, 5.74) is 0.645. The second-order valence-corrected chi connectivity index (χ2v) is 3.66. The van der Waals surface area contributed by atoms with Gasteiger partial charge >= 0.3 is 0 Å². The van der Waals surface area contributed by atoms with Gasteiger partial charge < -0.3 is 10.0 Å². The minimum Gasteiger partial charge on any atom is -0.388 e. The molecule has 0 spiro atoms. The molecule has 1 aromatic rings. The van der Waals surface area contributed by atoms with Crippen LogP contribution in [0, 0.1) is 5.82 Å². The lowest BCUT2D eigenvalue weighted by molar-refractivity contribution is 0.154. The molecule has 0 aromatic heterocycles. The zero-order valence-corrected chi connectivity index (χ0v) is 8.57. The van der Waals surface area contributed by atoms with E-state index in [2.05, 4.69) is 0 Å². The van der Waals surface area contributed by atoms with Crippen molar-refractivity contribution < 1.29 is 9.50 Å². The molecule has 0 aliphatic carbocycles. The summed E-state index contributed by atoms with van der Waals surface area (Å²) in [6, 6.07) is 6.11. The van der Waals surface area contributed by atoms with E-state index >= 15 is 0 Å². The van der Waals surface area contributed by atoms with Gasteiger partial charge in [-0.05, 0) is 38.2 Å². The van der Waals surface area contributed by atoms with Gasteiger partial charge in [-0.15, -0.1) is 0 Å². The fraction of sp³-hybridized carbons (Fsp3) is 0.455. The Morgan fingerprint density at radius 1 is 1.43 bits per heavy atom. The van der Waals surface area contributed by atoms with Crippen LogP contribution < -0.4 is 0 Å². The normalized spacial score (nSPS) is 13.2. The van der Waals surface area contributed by atoms with E-state index in [1.54, 1.807) is 12.1 Å². The van der Waals surface area contributed by atoms with Crippen molar-refractivity contribution in [3.05, 3.63) is 35.6 Å². The van der Waals surface area contributed by atoms with Gasteiger partial charge in [0.25, 0.3) is 0 Å². The minimum absolute atomic E-state index is 0.300. The molecule has 3 heteroatoms. The highest BCUT2D eigenvalue weighted by molar-refractivity contribution is 5.18. The predicted molar refractivity (Wildman–Crippen MR) is 54.5 cm³/mol. The zero-order valence-electron chi connectivity index (χ0n) is 8.57. The maximum absolute atomic E-state index is 12.8. The summed E-state index contributed by atoms with van der Waals surface area (Å²) in [5, 5.41) is 9.70. The molecule has 0 saturated heterocycles. The molecule has 2 nitrogen and oxygen atoms in total. The summed E-state index contributed by atoms with van der Waals surface area (Å²) >= 11 is 0. The van der Waals surface area contributed by atoms with Crippen LogP contribution in [-0.4, -0.2) is 30.6 Å². The van der Waals surface area contributed by atoms with E-state index < -0.39 is 6.10 Å². The summed E-state index contributed by atoms with van der Waals surface area (Å²) in [7, 11) is 3.89. The number of hydrogen-bond acceptors (Lipinski definition) is 2. The van der Waals surface area contributed by atoms with Crippen molar-refractivity contribution in [3.63, 3.8) is 0 Å². The summed E-state index contributed by atoms with van der Waals surface area (Å²) in [6.07, 6.45) is 0.0456. The smallest absolute Gasteiger partial charge is 0.123 e. The standard InChI is InChI=1S/C11H16FNO/c1-13(2)7-6-11(14)9-4-3-5-10(12)8-9/h3-5,8,11,14H,6-7H2,1-2H3. The highest BCUT2D eigenvalue weighted by Crippen LogP contribution is 2.17. The van der Waals surface area contributed by atoms with Gasteiger partial charge in [0, 0.05) is 6.54 Å². The van der Waals surface area contributed by atoms with E-state index in [0.717, 1.165) is 6.54 Å². The average Bonchev–Trinajstić information content (AvgIpc) is 2.14. The van der Waals surface area contributed by atoms with Gasteiger partial charge in [0.05, 0.1) is 6.10 Å². The molecule has 0 radical (unpaired) electrons. The maximum atomic E-state index is 12.8. The highest BCUT2D eigenvalue weighted by atomic mass is 19.1. The average molecular weight is 197 g/mol. The molecule has 0 aliphatic rings. The third-order valence-electron chi connectivity index (χ3n) is 2.08. The largest absolute Gasteiger partial charge is 0.388 e.